The molecular formula is C53H46N4O2. The Bertz CT molecular complexity index is 2540. The summed E-state index contributed by atoms with van der Waals surface area (Å²) in [6, 6.07) is 50.4. The lowest BCUT2D eigenvalue weighted by atomic mass is 9.70. The number of aromatic nitrogens is 4. The molecule has 6 aromatic carbocycles. The Morgan fingerprint density at radius 3 is 1.12 bits per heavy atom. The quantitative estimate of drug-likeness (QED) is 0.102. The molecule has 290 valence electrons. The lowest BCUT2D eigenvalue weighted by Crippen LogP contribution is -2.25. The van der Waals surface area contributed by atoms with Gasteiger partial charge in [-0.2, -0.15) is 0 Å². The summed E-state index contributed by atoms with van der Waals surface area (Å²) in [5.74, 6) is 2.07. The van der Waals surface area contributed by atoms with Crippen LogP contribution in [0, 0.1) is 0 Å². The minimum absolute atomic E-state index is 0.0287. The van der Waals surface area contributed by atoms with Crippen molar-refractivity contribution < 1.29 is 8.83 Å². The van der Waals surface area contributed by atoms with E-state index in [1.54, 1.807) is 0 Å². The molecule has 1 aliphatic carbocycles. The first-order chi connectivity index (χ1) is 29.1. The van der Waals surface area contributed by atoms with Crippen molar-refractivity contribution in [1.82, 2.24) is 20.4 Å². The van der Waals surface area contributed by atoms with Crippen LogP contribution in [0.25, 0.3) is 81.2 Å². The Labute approximate surface area is 346 Å². The topological polar surface area (TPSA) is 77.8 Å². The number of nitrogens with zero attached hydrogens (tertiary/aromatic N) is 4. The van der Waals surface area contributed by atoms with Gasteiger partial charge in [-0.15, -0.1) is 20.4 Å². The molecule has 0 atom stereocenters. The molecule has 59 heavy (non-hydrogen) atoms. The van der Waals surface area contributed by atoms with Crippen molar-refractivity contribution in [3.8, 4) is 56.9 Å². The van der Waals surface area contributed by atoms with Crippen molar-refractivity contribution in [3.63, 3.8) is 0 Å². The highest BCUT2D eigenvalue weighted by atomic mass is 16.4. The average molecular weight is 771 g/mol. The van der Waals surface area contributed by atoms with Crippen LogP contribution in [0.2, 0.25) is 0 Å². The molecule has 2 heterocycles. The number of hydrogen-bond donors (Lipinski definition) is 0. The van der Waals surface area contributed by atoms with Crippen LogP contribution in [-0.2, 0) is 5.41 Å². The molecule has 0 aliphatic heterocycles. The van der Waals surface area contributed by atoms with E-state index in [1.807, 2.05) is 84.9 Å². The summed E-state index contributed by atoms with van der Waals surface area (Å²) in [6.45, 7) is 4.61. The standard InChI is InChI=1S/C53H46N4O2/c1-3-5-33-53(34-6-4-2)47-35-39(19-17-37-21-27-43(28-22-37)51-56-54-49(58-51)41-13-9-7-10-14-41)25-31-45(47)46-32-26-40(36-48(46)53)20-18-38-23-29-44(30-24-38)52-57-55-50(59-52)42-15-11-8-12-16-42/h7-32,35-36H,3-6,33-34H2,1-2H3/b19-17+,20-18+. The van der Waals surface area contributed by atoms with Gasteiger partial charge in [-0.3, -0.25) is 0 Å². The Hall–Kier alpha value is -6.92. The highest BCUT2D eigenvalue weighted by molar-refractivity contribution is 5.85. The van der Waals surface area contributed by atoms with Crippen LogP contribution in [0.5, 0.6) is 0 Å². The second-order valence-corrected chi connectivity index (χ2v) is 15.4. The van der Waals surface area contributed by atoms with Crippen LogP contribution in [0.15, 0.2) is 154 Å². The Morgan fingerprint density at radius 2 is 0.746 bits per heavy atom. The van der Waals surface area contributed by atoms with Crippen molar-refractivity contribution in [1.29, 1.82) is 0 Å². The minimum Gasteiger partial charge on any atom is -0.416 e. The monoisotopic (exact) mass is 770 g/mol. The van der Waals surface area contributed by atoms with Crippen LogP contribution < -0.4 is 0 Å². The maximum Gasteiger partial charge on any atom is 0.248 e. The van der Waals surface area contributed by atoms with Crippen molar-refractivity contribution in [2.24, 2.45) is 0 Å². The molecule has 9 rings (SSSR count). The van der Waals surface area contributed by atoms with Gasteiger partial charge in [0.05, 0.1) is 0 Å². The van der Waals surface area contributed by atoms with Crippen LogP contribution in [0.3, 0.4) is 0 Å². The van der Waals surface area contributed by atoms with Gasteiger partial charge in [0.1, 0.15) is 0 Å². The highest BCUT2D eigenvalue weighted by Crippen LogP contribution is 2.54. The summed E-state index contributed by atoms with van der Waals surface area (Å²) in [4.78, 5) is 0. The predicted molar refractivity (Wildman–Crippen MR) is 240 cm³/mol. The van der Waals surface area contributed by atoms with E-state index < -0.39 is 0 Å². The van der Waals surface area contributed by atoms with E-state index in [9.17, 15) is 0 Å². The molecule has 8 aromatic rings. The van der Waals surface area contributed by atoms with Crippen molar-refractivity contribution >= 4 is 24.3 Å². The van der Waals surface area contributed by atoms with Crippen LogP contribution in [-0.4, -0.2) is 20.4 Å². The molecule has 0 spiro atoms. The molecule has 0 saturated heterocycles. The largest absolute Gasteiger partial charge is 0.416 e. The van der Waals surface area contributed by atoms with Crippen LogP contribution in [0.1, 0.15) is 85.8 Å². The van der Waals surface area contributed by atoms with Gasteiger partial charge in [0.25, 0.3) is 0 Å². The fraction of sp³-hybridized carbons (Fsp3) is 0.170. The van der Waals surface area contributed by atoms with Crippen molar-refractivity contribution in [2.75, 3.05) is 0 Å². The number of rotatable bonds is 14. The highest BCUT2D eigenvalue weighted by Gasteiger charge is 2.42. The number of unbranched alkanes of at least 4 members (excludes halogenated alkanes) is 2. The van der Waals surface area contributed by atoms with Gasteiger partial charge >= 0.3 is 0 Å². The number of fused-ring (bicyclic) bond motifs is 3. The summed E-state index contributed by atoms with van der Waals surface area (Å²) in [6.07, 6.45) is 15.8. The van der Waals surface area contributed by atoms with E-state index in [2.05, 4.69) is 119 Å². The maximum absolute atomic E-state index is 5.99. The van der Waals surface area contributed by atoms with E-state index >= 15 is 0 Å². The third-order valence-electron chi connectivity index (χ3n) is 11.5. The first-order valence-corrected chi connectivity index (χ1v) is 20.7. The second kappa shape index (κ2) is 16.9. The molecule has 6 nitrogen and oxygen atoms in total. The molecule has 6 heteroatoms. The van der Waals surface area contributed by atoms with E-state index in [-0.39, 0.29) is 5.41 Å². The molecule has 0 bridgehead atoms. The van der Waals surface area contributed by atoms with Gasteiger partial charge in [0.2, 0.25) is 23.6 Å². The van der Waals surface area contributed by atoms with E-state index in [0.717, 1.165) is 59.1 Å². The lowest BCUT2D eigenvalue weighted by molar-refractivity contribution is 0.414. The summed E-state index contributed by atoms with van der Waals surface area (Å²) >= 11 is 0. The van der Waals surface area contributed by atoms with Crippen LogP contribution >= 0.6 is 0 Å². The molecular weight excluding hydrogens is 725 g/mol. The van der Waals surface area contributed by atoms with Crippen molar-refractivity contribution in [2.45, 2.75) is 57.8 Å². The fourth-order valence-corrected chi connectivity index (χ4v) is 8.29. The summed E-state index contributed by atoms with van der Waals surface area (Å²) in [5, 5.41) is 17.1. The van der Waals surface area contributed by atoms with Gasteiger partial charge in [0.15, 0.2) is 0 Å². The zero-order valence-electron chi connectivity index (χ0n) is 33.5. The first-order valence-electron chi connectivity index (χ1n) is 20.7. The summed E-state index contributed by atoms with van der Waals surface area (Å²) < 4.78 is 12.0. The SMILES string of the molecule is CCCCC1(CCCC)c2cc(/C=C/c3ccc(-c4nnc(-c5ccccc5)o4)cc3)ccc2-c2ccc(/C=C/c3ccc(-c4nnc(-c5ccccc5)o4)cc3)cc21. The van der Waals surface area contributed by atoms with Gasteiger partial charge in [-0.25, -0.2) is 0 Å². The Kier molecular flexibility index (Phi) is 10.8. The fourth-order valence-electron chi connectivity index (χ4n) is 8.29. The smallest absolute Gasteiger partial charge is 0.248 e. The normalized spacial score (nSPS) is 13.0. The molecule has 0 saturated carbocycles. The Morgan fingerprint density at radius 1 is 0.407 bits per heavy atom. The second-order valence-electron chi connectivity index (χ2n) is 15.4. The van der Waals surface area contributed by atoms with Gasteiger partial charge in [-0.1, -0.05) is 161 Å². The number of hydrogen-bond acceptors (Lipinski definition) is 6. The van der Waals surface area contributed by atoms with E-state index in [1.165, 1.54) is 46.2 Å². The predicted octanol–water partition coefficient (Wildman–Crippen LogP) is 14.1. The molecule has 0 unspecified atom stereocenters. The zero-order chi connectivity index (χ0) is 40.0. The average Bonchev–Trinajstić information content (AvgIpc) is 4.06. The third kappa shape index (κ3) is 7.86. The van der Waals surface area contributed by atoms with Gasteiger partial charge < -0.3 is 8.83 Å². The van der Waals surface area contributed by atoms with E-state index in [4.69, 9.17) is 8.83 Å². The van der Waals surface area contributed by atoms with Gasteiger partial charge in [0, 0.05) is 27.7 Å². The minimum atomic E-state index is -0.0287. The van der Waals surface area contributed by atoms with Crippen molar-refractivity contribution in [3.05, 3.63) is 179 Å². The lowest BCUT2D eigenvalue weighted by Gasteiger charge is -2.33. The van der Waals surface area contributed by atoms with E-state index in [0.29, 0.717) is 23.6 Å². The van der Waals surface area contributed by atoms with Crippen LogP contribution in [0.4, 0.5) is 0 Å². The third-order valence-corrected chi connectivity index (χ3v) is 11.5. The Balaban J connectivity index is 0.953. The molecule has 0 fully saturated rings. The molecule has 0 N–H and O–H groups in total. The number of benzene rings is 6. The molecule has 0 radical (unpaired) electrons. The zero-order valence-corrected chi connectivity index (χ0v) is 33.5. The summed E-state index contributed by atoms with van der Waals surface area (Å²) in [7, 11) is 0. The molecule has 0 amide bonds. The first kappa shape index (κ1) is 37.6. The molecule has 1 aliphatic rings. The summed E-state index contributed by atoms with van der Waals surface area (Å²) in [5.41, 5.74) is 13.9. The maximum atomic E-state index is 5.99. The molecule has 2 aromatic heterocycles. The van der Waals surface area contributed by atoms with Gasteiger partial charge in [-0.05, 0) is 106 Å².